The van der Waals surface area contributed by atoms with Crippen LogP contribution in [0, 0.1) is 12.8 Å². The summed E-state index contributed by atoms with van der Waals surface area (Å²) < 4.78 is 23.3. The molecule has 2 fully saturated rings. The average molecular weight is 387 g/mol. The first-order valence-corrected chi connectivity index (χ1v) is 10.0. The van der Waals surface area contributed by atoms with Crippen molar-refractivity contribution in [1.82, 2.24) is 15.1 Å². The van der Waals surface area contributed by atoms with Crippen LogP contribution in [0.1, 0.15) is 79.1 Å². The number of pyridine rings is 1. The number of alkyl halides is 1. The lowest BCUT2D eigenvalue weighted by Gasteiger charge is -2.25. The van der Waals surface area contributed by atoms with Crippen molar-refractivity contribution in [3.8, 4) is 5.75 Å². The summed E-state index contributed by atoms with van der Waals surface area (Å²) in [6.45, 7) is 3.19. The maximum atomic E-state index is 13.1. The fraction of sp³-hybridized carbons (Fsp3) is 0.619. The summed E-state index contributed by atoms with van der Waals surface area (Å²) in [5, 5.41) is 4.09. The molecule has 2 saturated carbocycles. The van der Waals surface area contributed by atoms with Gasteiger partial charge in [-0.3, -0.25) is 9.78 Å². The van der Waals surface area contributed by atoms with Crippen LogP contribution >= 0.6 is 0 Å². The van der Waals surface area contributed by atoms with E-state index in [9.17, 15) is 9.18 Å². The van der Waals surface area contributed by atoms with Crippen LogP contribution in [0.4, 0.5) is 4.39 Å². The van der Waals surface area contributed by atoms with E-state index >= 15 is 0 Å². The first-order valence-electron chi connectivity index (χ1n) is 10.0. The Bertz CT molecular complexity index is 860. The van der Waals surface area contributed by atoms with Gasteiger partial charge in [0.05, 0.1) is 0 Å². The molecule has 0 bridgehead atoms. The SMILES string of the molecule is Cc1nc(C(C)(CC(=O)c2cc(OCCF)c(C3CC3)cn2)CC2CC2)no1. The first kappa shape index (κ1) is 19.0. The lowest BCUT2D eigenvalue weighted by atomic mass is 9.78. The van der Waals surface area contributed by atoms with E-state index in [1.54, 1.807) is 19.2 Å². The number of carbonyl (C=O) groups is 1. The number of hydrogen-bond acceptors (Lipinski definition) is 6. The van der Waals surface area contributed by atoms with Crippen molar-refractivity contribution in [3.05, 3.63) is 35.2 Å². The molecule has 1 atom stereocenters. The summed E-state index contributed by atoms with van der Waals surface area (Å²) in [5.74, 6) is 2.59. The Balaban J connectivity index is 1.56. The second-order valence-electron chi connectivity index (χ2n) is 8.36. The highest BCUT2D eigenvalue weighted by Gasteiger charge is 2.40. The van der Waals surface area contributed by atoms with Gasteiger partial charge in [-0.2, -0.15) is 4.98 Å². The molecule has 0 saturated heterocycles. The van der Waals surface area contributed by atoms with Crippen LogP contribution < -0.4 is 4.74 Å². The Morgan fingerprint density at radius 3 is 2.75 bits per heavy atom. The minimum atomic E-state index is -0.563. The first-order chi connectivity index (χ1) is 13.5. The van der Waals surface area contributed by atoms with Crippen LogP contribution in [0.15, 0.2) is 16.8 Å². The van der Waals surface area contributed by atoms with Crippen molar-refractivity contribution >= 4 is 5.78 Å². The third kappa shape index (κ3) is 4.23. The molecule has 0 aliphatic heterocycles. The number of ether oxygens (including phenoxy) is 1. The van der Waals surface area contributed by atoms with Gasteiger partial charge in [-0.15, -0.1) is 0 Å². The summed E-state index contributed by atoms with van der Waals surface area (Å²) in [6.07, 6.45) is 7.33. The van der Waals surface area contributed by atoms with Gasteiger partial charge in [0.15, 0.2) is 11.6 Å². The zero-order valence-corrected chi connectivity index (χ0v) is 16.4. The van der Waals surface area contributed by atoms with Crippen LogP contribution in [0.3, 0.4) is 0 Å². The highest BCUT2D eigenvalue weighted by Crippen LogP contribution is 2.45. The summed E-state index contributed by atoms with van der Waals surface area (Å²) >= 11 is 0. The van der Waals surface area contributed by atoms with Gasteiger partial charge < -0.3 is 9.26 Å². The van der Waals surface area contributed by atoms with Crippen LogP contribution in [0.25, 0.3) is 0 Å². The number of halogens is 1. The quantitative estimate of drug-likeness (QED) is 0.565. The van der Waals surface area contributed by atoms with Gasteiger partial charge in [-0.05, 0) is 31.1 Å². The molecule has 2 aromatic rings. The monoisotopic (exact) mass is 387 g/mol. The normalized spacial score (nSPS) is 18.7. The van der Waals surface area contributed by atoms with Crippen LogP contribution in [-0.2, 0) is 5.41 Å². The third-order valence-electron chi connectivity index (χ3n) is 5.59. The lowest BCUT2D eigenvalue weighted by Crippen LogP contribution is -2.28. The Hall–Kier alpha value is -2.31. The van der Waals surface area contributed by atoms with E-state index in [0.29, 0.717) is 35.0 Å². The van der Waals surface area contributed by atoms with Crippen molar-refractivity contribution in [3.63, 3.8) is 0 Å². The molecule has 2 aliphatic carbocycles. The Labute approximate surface area is 163 Å². The number of hydrogen-bond donors (Lipinski definition) is 0. The lowest BCUT2D eigenvalue weighted by molar-refractivity contribution is 0.0939. The van der Waals surface area contributed by atoms with E-state index in [-0.39, 0.29) is 18.8 Å². The van der Waals surface area contributed by atoms with Crippen molar-refractivity contribution in [2.75, 3.05) is 13.3 Å². The van der Waals surface area contributed by atoms with E-state index < -0.39 is 12.1 Å². The number of carbonyl (C=O) groups excluding carboxylic acids is 1. The van der Waals surface area contributed by atoms with Crippen molar-refractivity contribution in [2.24, 2.45) is 5.92 Å². The Kier molecular flexibility index (Phi) is 5.17. The number of rotatable bonds is 10. The van der Waals surface area contributed by atoms with Gasteiger partial charge in [-0.25, -0.2) is 4.39 Å². The molecule has 0 aromatic carbocycles. The minimum Gasteiger partial charge on any atom is -0.490 e. The summed E-state index contributed by atoms with van der Waals surface area (Å²) in [5.41, 5.74) is 0.826. The van der Waals surface area contributed by atoms with Gasteiger partial charge in [0.2, 0.25) is 5.89 Å². The molecule has 2 aromatic heterocycles. The molecule has 6 nitrogen and oxygen atoms in total. The minimum absolute atomic E-state index is 0.0150. The summed E-state index contributed by atoms with van der Waals surface area (Å²) in [6, 6.07) is 1.67. The van der Waals surface area contributed by atoms with Crippen molar-refractivity contribution in [2.45, 2.75) is 63.7 Å². The number of ketones is 1. The predicted molar refractivity (Wildman–Crippen MR) is 100 cm³/mol. The molecule has 4 rings (SSSR count). The van der Waals surface area contributed by atoms with E-state index in [1.165, 1.54) is 12.8 Å². The molecular formula is C21H26FN3O3. The van der Waals surface area contributed by atoms with Crippen molar-refractivity contribution in [1.29, 1.82) is 0 Å². The van der Waals surface area contributed by atoms with Gasteiger partial charge in [-0.1, -0.05) is 24.9 Å². The molecule has 0 amide bonds. The third-order valence-corrected chi connectivity index (χ3v) is 5.59. The van der Waals surface area contributed by atoms with Gasteiger partial charge in [0, 0.05) is 36.6 Å². The maximum Gasteiger partial charge on any atom is 0.223 e. The zero-order chi connectivity index (χ0) is 19.7. The molecule has 0 N–H and O–H groups in total. The second-order valence-corrected chi connectivity index (χ2v) is 8.36. The highest BCUT2D eigenvalue weighted by molar-refractivity contribution is 5.95. The largest absolute Gasteiger partial charge is 0.490 e. The molecule has 0 spiro atoms. The number of aryl methyl sites for hydroxylation is 1. The standard InChI is InChI=1S/C21H26FN3O3/c1-13-24-20(25-28-13)21(2,10-14-3-4-14)11-18(26)17-9-19(27-8-7-22)16(12-23-17)15-5-6-15/h9,12,14-15H,3-8,10-11H2,1-2H3. The fourth-order valence-electron chi connectivity index (χ4n) is 3.77. The fourth-order valence-corrected chi connectivity index (χ4v) is 3.77. The van der Waals surface area contributed by atoms with E-state index in [1.807, 2.05) is 6.92 Å². The molecule has 150 valence electrons. The number of aromatic nitrogens is 3. The molecule has 2 heterocycles. The van der Waals surface area contributed by atoms with Crippen LogP contribution in [-0.4, -0.2) is 34.2 Å². The average Bonchev–Trinajstić information content (AvgIpc) is 3.60. The summed E-state index contributed by atoms with van der Waals surface area (Å²) in [7, 11) is 0. The van der Waals surface area contributed by atoms with Crippen LogP contribution in [0.2, 0.25) is 0 Å². The topological polar surface area (TPSA) is 78.1 Å². The smallest absolute Gasteiger partial charge is 0.223 e. The Morgan fingerprint density at radius 2 is 2.14 bits per heavy atom. The number of Topliss-reactive ketones (excluding diaryl/α,β-unsaturated/α-hetero) is 1. The predicted octanol–water partition coefficient (Wildman–Crippen LogP) is 4.33. The highest BCUT2D eigenvalue weighted by atomic mass is 19.1. The van der Waals surface area contributed by atoms with Crippen LogP contribution in [0.5, 0.6) is 5.75 Å². The van der Waals surface area contributed by atoms with E-state index in [2.05, 4.69) is 15.1 Å². The molecule has 0 radical (unpaired) electrons. The summed E-state index contributed by atoms with van der Waals surface area (Å²) in [4.78, 5) is 21.9. The zero-order valence-electron chi connectivity index (χ0n) is 16.4. The molecule has 28 heavy (non-hydrogen) atoms. The molecule has 7 heteroatoms. The second kappa shape index (κ2) is 7.60. The molecule has 2 aliphatic rings. The van der Waals surface area contributed by atoms with Gasteiger partial charge in [0.25, 0.3) is 0 Å². The Morgan fingerprint density at radius 1 is 1.36 bits per heavy atom. The van der Waals surface area contributed by atoms with Crippen molar-refractivity contribution < 1.29 is 18.4 Å². The van der Waals surface area contributed by atoms with E-state index in [4.69, 9.17) is 9.26 Å². The molecular weight excluding hydrogens is 361 g/mol. The van der Waals surface area contributed by atoms with E-state index in [0.717, 1.165) is 24.8 Å². The number of nitrogens with zero attached hydrogens (tertiary/aromatic N) is 3. The maximum absolute atomic E-state index is 13.1. The molecule has 1 unspecified atom stereocenters. The van der Waals surface area contributed by atoms with Gasteiger partial charge in [0.1, 0.15) is 24.7 Å². The van der Waals surface area contributed by atoms with Gasteiger partial charge >= 0.3 is 0 Å².